The average Bonchev–Trinajstić information content (AvgIpc) is 2.33. The minimum Gasteiger partial charge on any atom is -0.395 e. The number of likely N-dealkylation sites (N-methyl/N-ethyl adjacent to an activating group) is 1. The van der Waals surface area contributed by atoms with Crippen molar-refractivity contribution in [2.24, 2.45) is 0 Å². The van der Waals surface area contributed by atoms with Crippen molar-refractivity contribution in [2.75, 3.05) is 31.2 Å². The van der Waals surface area contributed by atoms with E-state index in [-0.39, 0.29) is 11.5 Å². The lowest BCUT2D eigenvalue weighted by atomic mass is 10.0. The molecule has 3 N–H and O–H groups in total. The van der Waals surface area contributed by atoms with Crippen molar-refractivity contribution in [1.29, 1.82) is 0 Å². The summed E-state index contributed by atoms with van der Waals surface area (Å²) in [6.07, 6.45) is 3.74. The van der Waals surface area contributed by atoms with Crippen LogP contribution in [0, 0.1) is 5.82 Å². The zero-order chi connectivity index (χ0) is 12.3. The number of likely N-dealkylation sites (tertiary alicyclic amines) is 1. The molecular weight excluding hydrogens is 217 g/mol. The Morgan fingerprint density at radius 1 is 1.47 bits per heavy atom. The van der Waals surface area contributed by atoms with Gasteiger partial charge in [0.05, 0.1) is 11.4 Å². The van der Waals surface area contributed by atoms with Crippen LogP contribution in [0.4, 0.5) is 15.8 Å². The fraction of sp³-hybridized carbons (Fsp3) is 0.538. The van der Waals surface area contributed by atoms with Gasteiger partial charge in [-0.05, 0) is 38.6 Å². The summed E-state index contributed by atoms with van der Waals surface area (Å²) in [5.74, 6) is -0.355. The number of anilines is 2. The molecule has 3 nitrogen and oxygen atoms in total. The number of nitrogens with one attached hydrogen (secondary N) is 1. The molecule has 0 spiro atoms. The third-order valence-corrected chi connectivity index (χ3v) is 3.50. The van der Waals surface area contributed by atoms with E-state index in [2.05, 4.69) is 17.3 Å². The van der Waals surface area contributed by atoms with Gasteiger partial charge in [-0.1, -0.05) is 12.5 Å². The van der Waals surface area contributed by atoms with Crippen LogP contribution in [0.5, 0.6) is 0 Å². The summed E-state index contributed by atoms with van der Waals surface area (Å²) < 4.78 is 13.2. The first-order chi connectivity index (χ1) is 8.18. The zero-order valence-corrected chi connectivity index (χ0v) is 10.2. The number of hydrogen-bond acceptors (Lipinski definition) is 3. The fourth-order valence-corrected chi connectivity index (χ4v) is 2.32. The van der Waals surface area contributed by atoms with Gasteiger partial charge in [0.1, 0.15) is 5.82 Å². The summed E-state index contributed by atoms with van der Waals surface area (Å²) >= 11 is 0. The monoisotopic (exact) mass is 237 g/mol. The van der Waals surface area contributed by atoms with E-state index in [0.29, 0.717) is 11.7 Å². The van der Waals surface area contributed by atoms with E-state index in [0.717, 1.165) is 13.1 Å². The maximum atomic E-state index is 13.2. The SMILES string of the molecule is CN1CCCCC1CNc1cccc(F)c1N. The Hall–Kier alpha value is -1.29. The van der Waals surface area contributed by atoms with Gasteiger partial charge in [-0.15, -0.1) is 0 Å². The quantitative estimate of drug-likeness (QED) is 0.793. The molecule has 0 saturated carbocycles. The number of para-hydroxylation sites is 1. The minimum absolute atomic E-state index is 0.214. The molecule has 0 radical (unpaired) electrons. The number of nitrogens with two attached hydrogens (primary N) is 1. The highest BCUT2D eigenvalue weighted by atomic mass is 19.1. The predicted octanol–water partition coefficient (Wildman–Crippen LogP) is 2.30. The van der Waals surface area contributed by atoms with E-state index in [4.69, 9.17) is 5.73 Å². The highest BCUT2D eigenvalue weighted by Crippen LogP contribution is 2.22. The van der Waals surface area contributed by atoms with Gasteiger partial charge in [-0.3, -0.25) is 0 Å². The molecule has 1 heterocycles. The molecule has 0 aliphatic carbocycles. The van der Waals surface area contributed by atoms with Crippen LogP contribution in [0.25, 0.3) is 0 Å². The van der Waals surface area contributed by atoms with Crippen LogP contribution in [0.15, 0.2) is 18.2 Å². The Morgan fingerprint density at radius 3 is 3.06 bits per heavy atom. The van der Waals surface area contributed by atoms with Gasteiger partial charge in [0, 0.05) is 12.6 Å². The van der Waals surface area contributed by atoms with Crippen LogP contribution in [0.2, 0.25) is 0 Å². The molecule has 1 aliphatic heterocycles. The Labute approximate surface area is 102 Å². The van der Waals surface area contributed by atoms with Crippen LogP contribution in [-0.4, -0.2) is 31.1 Å². The summed E-state index contributed by atoms with van der Waals surface area (Å²) in [5, 5.41) is 3.25. The van der Waals surface area contributed by atoms with E-state index in [1.54, 1.807) is 6.07 Å². The van der Waals surface area contributed by atoms with Crippen molar-refractivity contribution in [3.05, 3.63) is 24.0 Å². The van der Waals surface area contributed by atoms with Crippen LogP contribution in [-0.2, 0) is 0 Å². The molecule has 1 aromatic carbocycles. The molecule has 1 aliphatic rings. The van der Waals surface area contributed by atoms with Crippen LogP contribution in [0.1, 0.15) is 19.3 Å². The first-order valence-electron chi connectivity index (χ1n) is 6.16. The molecular formula is C13H20FN3. The molecule has 1 fully saturated rings. The van der Waals surface area contributed by atoms with Crippen molar-refractivity contribution in [3.63, 3.8) is 0 Å². The molecule has 1 unspecified atom stereocenters. The second-order valence-corrected chi connectivity index (χ2v) is 4.71. The number of benzene rings is 1. The second kappa shape index (κ2) is 5.36. The lowest BCUT2D eigenvalue weighted by Crippen LogP contribution is -2.40. The van der Waals surface area contributed by atoms with Crippen molar-refractivity contribution < 1.29 is 4.39 Å². The summed E-state index contributed by atoms with van der Waals surface area (Å²) in [6, 6.07) is 5.40. The Balaban J connectivity index is 1.95. The summed E-state index contributed by atoms with van der Waals surface area (Å²) in [4.78, 5) is 2.35. The lowest BCUT2D eigenvalue weighted by molar-refractivity contribution is 0.194. The number of rotatable bonds is 3. The molecule has 0 aromatic heterocycles. The van der Waals surface area contributed by atoms with E-state index in [1.165, 1.54) is 25.3 Å². The molecule has 1 atom stereocenters. The van der Waals surface area contributed by atoms with Crippen molar-refractivity contribution >= 4 is 11.4 Å². The van der Waals surface area contributed by atoms with Gasteiger partial charge in [0.2, 0.25) is 0 Å². The van der Waals surface area contributed by atoms with Gasteiger partial charge in [-0.2, -0.15) is 0 Å². The Morgan fingerprint density at radius 2 is 2.29 bits per heavy atom. The van der Waals surface area contributed by atoms with Crippen LogP contribution >= 0.6 is 0 Å². The van der Waals surface area contributed by atoms with Gasteiger partial charge in [-0.25, -0.2) is 4.39 Å². The average molecular weight is 237 g/mol. The number of nitrogens with zero attached hydrogens (tertiary/aromatic N) is 1. The van der Waals surface area contributed by atoms with E-state index in [1.807, 2.05) is 6.07 Å². The number of halogens is 1. The van der Waals surface area contributed by atoms with Crippen LogP contribution < -0.4 is 11.1 Å². The summed E-state index contributed by atoms with van der Waals surface area (Å²) in [7, 11) is 2.14. The molecule has 4 heteroatoms. The van der Waals surface area contributed by atoms with Gasteiger partial charge < -0.3 is 16.0 Å². The second-order valence-electron chi connectivity index (χ2n) is 4.71. The molecule has 0 bridgehead atoms. The highest BCUT2D eigenvalue weighted by Gasteiger charge is 2.18. The first-order valence-corrected chi connectivity index (χ1v) is 6.16. The highest BCUT2D eigenvalue weighted by molar-refractivity contribution is 5.66. The molecule has 17 heavy (non-hydrogen) atoms. The van der Waals surface area contributed by atoms with Crippen molar-refractivity contribution in [2.45, 2.75) is 25.3 Å². The summed E-state index contributed by atoms with van der Waals surface area (Å²) in [6.45, 7) is 1.97. The maximum Gasteiger partial charge on any atom is 0.148 e. The topological polar surface area (TPSA) is 41.3 Å². The number of hydrogen-bond donors (Lipinski definition) is 2. The fourth-order valence-electron chi connectivity index (χ4n) is 2.32. The molecule has 2 rings (SSSR count). The van der Waals surface area contributed by atoms with Gasteiger partial charge in [0.25, 0.3) is 0 Å². The molecule has 1 saturated heterocycles. The number of piperidine rings is 1. The third-order valence-electron chi connectivity index (χ3n) is 3.50. The Bertz CT molecular complexity index is 381. The summed E-state index contributed by atoms with van der Waals surface area (Å²) in [5.41, 5.74) is 6.59. The smallest absolute Gasteiger partial charge is 0.148 e. The molecule has 0 amide bonds. The van der Waals surface area contributed by atoms with Crippen LogP contribution in [0.3, 0.4) is 0 Å². The third kappa shape index (κ3) is 2.88. The van der Waals surface area contributed by atoms with Crippen molar-refractivity contribution in [3.8, 4) is 0 Å². The molecule has 94 valence electrons. The van der Waals surface area contributed by atoms with Gasteiger partial charge in [0.15, 0.2) is 0 Å². The first kappa shape index (κ1) is 12.2. The molecule has 1 aromatic rings. The van der Waals surface area contributed by atoms with E-state index in [9.17, 15) is 4.39 Å². The largest absolute Gasteiger partial charge is 0.395 e. The number of nitrogen functional groups attached to an aromatic ring is 1. The maximum absolute atomic E-state index is 13.2. The Kier molecular flexibility index (Phi) is 3.84. The standard InChI is InChI=1S/C13H20FN3/c1-17-8-3-2-5-10(17)9-16-12-7-4-6-11(14)13(12)15/h4,6-7,10,16H,2-3,5,8-9,15H2,1H3. The zero-order valence-electron chi connectivity index (χ0n) is 10.2. The normalized spacial score (nSPS) is 21.4. The van der Waals surface area contributed by atoms with E-state index >= 15 is 0 Å². The van der Waals surface area contributed by atoms with Gasteiger partial charge >= 0.3 is 0 Å². The van der Waals surface area contributed by atoms with E-state index < -0.39 is 0 Å². The minimum atomic E-state index is -0.355. The predicted molar refractivity (Wildman–Crippen MR) is 69.6 cm³/mol. The lowest BCUT2D eigenvalue weighted by Gasteiger charge is -2.32. The van der Waals surface area contributed by atoms with Crippen molar-refractivity contribution in [1.82, 2.24) is 4.90 Å².